The summed E-state index contributed by atoms with van der Waals surface area (Å²) in [4.78, 5) is 35.9. The number of carbonyl (C=O) groups is 2. The van der Waals surface area contributed by atoms with Gasteiger partial charge in [0.2, 0.25) is 0 Å². The standard InChI is InChI=1S/C26H37N5O4/c1-18(2)28-23-6-5-11-27-24(23)29-12-14-30(15-13-29)25(34)21-7-9-22(10-8-21)26(35)31(16-19(3)32)17-20(4)33/h5-11,18-20,28,32-33H,12-17H2,1-4H3. The largest absolute Gasteiger partial charge is 0.392 e. The molecule has 1 aromatic heterocycles. The Morgan fingerprint density at radius 3 is 2.06 bits per heavy atom. The molecule has 1 fully saturated rings. The molecule has 0 spiro atoms. The van der Waals surface area contributed by atoms with Crippen LogP contribution in [0.3, 0.4) is 0 Å². The van der Waals surface area contributed by atoms with E-state index in [4.69, 9.17) is 0 Å². The predicted octanol–water partition coefficient (Wildman–Crippen LogP) is 2.07. The molecule has 2 aromatic rings. The molecule has 9 heteroatoms. The van der Waals surface area contributed by atoms with Crippen molar-refractivity contribution in [3.63, 3.8) is 0 Å². The molecular weight excluding hydrogens is 446 g/mol. The van der Waals surface area contributed by atoms with Gasteiger partial charge in [0.1, 0.15) is 0 Å². The summed E-state index contributed by atoms with van der Waals surface area (Å²) in [5, 5.41) is 22.8. The van der Waals surface area contributed by atoms with Crippen molar-refractivity contribution in [1.82, 2.24) is 14.8 Å². The SMILES string of the molecule is CC(O)CN(CC(C)O)C(=O)c1ccc(C(=O)N2CCN(c3ncccc3NC(C)C)CC2)cc1. The maximum Gasteiger partial charge on any atom is 0.254 e. The number of amides is 2. The maximum atomic E-state index is 13.1. The van der Waals surface area contributed by atoms with Crippen molar-refractivity contribution in [2.45, 2.75) is 45.9 Å². The average molecular weight is 484 g/mol. The van der Waals surface area contributed by atoms with E-state index in [1.165, 1.54) is 4.90 Å². The molecule has 0 bridgehead atoms. The summed E-state index contributed by atoms with van der Waals surface area (Å²) in [6.45, 7) is 10.1. The molecule has 3 rings (SSSR count). The zero-order valence-corrected chi connectivity index (χ0v) is 21.0. The van der Waals surface area contributed by atoms with Crippen LogP contribution in [-0.4, -0.2) is 94.3 Å². The van der Waals surface area contributed by atoms with Gasteiger partial charge in [-0.25, -0.2) is 4.98 Å². The molecule has 1 aliphatic heterocycles. The van der Waals surface area contributed by atoms with Gasteiger partial charge in [0.05, 0.1) is 17.9 Å². The molecule has 2 amide bonds. The Bertz CT molecular complexity index is 975. The van der Waals surface area contributed by atoms with E-state index in [0.29, 0.717) is 43.3 Å². The molecule has 190 valence electrons. The van der Waals surface area contributed by atoms with Crippen molar-refractivity contribution < 1.29 is 19.8 Å². The van der Waals surface area contributed by atoms with Crippen LogP contribution in [0, 0.1) is 0 Å². The first-order valence-electron chi connectivity index (χ1n) is 12.2. The average Bonchev–Trinajstić information content (AvgIpc) is 2.82. The summed E-state index contributed by atoms with van der Waals surface area (Å²) in [5.41, 5.74) is 1.92. The van der Waals surface area contributed by atoms with E-state index in [1.807, 2.05) is 17.0 Å². The molecule has 0 saturated carbocycles. The zero-order valence-electron chi connectivity index (χ0n) is 21.0. The number of nitrogens with zero attached hydrogens (tertiary/aromatic N) is 4. The number of carbonyl (C=O) groups excluding carboxylic acids is 2. The third kappa shape index (κ3) is 7.16. The van der Waals surface area contributed by atoms with Crippen LogP contribution in [0.5, 0.6) is 0 Å². The molecule has 1 aromatic carbocycles. The fraction of sp³-hybridized carbons (Fsp3) is 0.500. The lowest BCUT2D eigenvalue weighted by molar-refractivity contribution is 0.0517. The first-order chi connectivity index (χ1) is 16.7. The topological polar surface area (TPSA) is 109 Å². The highest BCUT2D eigenvalue weighted by molar-refractivity contribution is 5.98. The molecule has 3 N–H and O–H groups in total. The first-order valence-corrected chi connectivity index (χ1v) is 12.2. The second-order valence-corrected chi connectivity index (χ2v) is 9.44. The quantitative estimate of drug-likeness (QED) is 0.501. The van der Waals surface area contributed by atoms with Gasteiger partial charge in [-0.15, -0.1) is 0 Å². The summed E-state index contributed by atoms with van der Waals surface area (Å²) in [7, 11) is 0. The number of anilines is 2. The van der Waals surface area contributed by atoms with Crippen LogP contribution in [0.15, 0.2) is 42.6 Å². The van der Waals surface area contributed by atoms with Gasteiger partial charge in [0.15, 0.2) is 5.82 Å². The zero-order chi connectivity index (χ0) is 25.5. The lowest BCUT2D eigenvalue weighted by Crippen LogP contribution is -2.49. The highest BCUT2D eigenvalue weighted by atomic mass is 16.3. The fourth-order valence-electron chi connectivity index (χ4n) is 4.19. The van der Waals surface area contributed by atoms with Gasteiger partial charge in [-0.1, -0.05) is 0 Å². The highest BCUT2D eigenvalue weighted by Gasteiger charge is 2.25. The second-order valence-electron chi connectivity index (χ2n) is 9.44. The number of hydrogen-bond donors (Lipinski definition) is 3. The van der Waals surface area contributed by atoms with Gasteiger partial charge in [0.25, 0.3) is 11.8 Å². The van der Waals surface area contributed by atoms with Gasteiger partial charge in [-0.3, -0.25) is 9.59 Å². The Morgan fingerprint density at radius 2 is 1.51 bits per heavy atom. The summed E-state index contributed by atoms with van der Waals surface area (Å²) in [6, 6.07) is 10.8. The minimum absolute atomic E-state index is 0.0741. The van der Waals surface area contributed by atoms with Crippen LogP contribution < -0.4 is 10.2 Å². The molecule has 1 saturated heterocycles. The van der Waals surface area contributed by atoms with Gasteiger partial charge >= 0.3 is 0 Å². The van der Waals surface area contributed by atoms with Gasteiger partial charge in [0, 0.05) is 62.6 Å². The number of rotatable bonds is 9. The Kier molecular flexibility index (Phi) is 9.06. The summed E-state index contributed by atoms with van der Waals surface area (Å²) >= 11 is 0. The van der Waals surface area contributed by atoms with E-state index in [0.717, 1.165) is 11.5 Å². The molecule has 9 nitrogen and oxygen atoms in total. The minimum Gasteiger partial charge on any atom is -0.392 e. The van der Waals surface area contributed by atoms with E-state index in [1.54, 1.807) is 44.3 Å². The number of benzene rings is 1. The van der Waals surface area contributed by atoms with Crippen molar-refractivity contribution in [3.05, 3.63) is 53.7 Å². The minimum atomic E-state index is -0.708. The van der Waals surface area contributed by atoms with Crippen LogP contribution in [-0.2, 0) is 0 Å². The summed E-state index contributed by atoms with van der Waals surface area (Å²) in [6.07, 6.45) is 0.367. The third-order valence-electron chi connectivity index (χ3n) is 5.73. The number of aromatic nitrogens is 1. The molecule has 2 unspecified atom stereocenters. The Hall–Kier alpha value is -3.17. The predicted molar refractivity (Wildman–Crippen MR) is 137 cm³/mol. The van der Waals surface area contributed by atoms with Gasteiger partial charge < -0.3 is 30.2 Å². The van der Waals surface area contributed by atoms with Gasteiger partial charge in [-0.2, -0.15) is 0 Å². The number of hydrogen-bond acceptors (Lipinski definition) is 7. The lowest BCUT2D eigenvalue weighted by Gasteiger charge is -2.36. The Balaban J connectivity index is 1.63. The Morgan fingerprint density at radius 1 is 0.943 bits per heavy atom. The summed E-state index contributed by atoms with van der Waals surface area (Å²) < 4.78 is 0. The molecule has 35 heavy (non-hydrogen) atoms. The van der Waals surface area contributed by atoms with Gasteiger partial charge in [-0.05, 0) is 64.1 Å². The lowest BCUT2D eigenvalue weighted by atomic mass is 10.1. The monoisotopic (exact) mass is 483 g/mol. The molecule has 1 aliphatic rings. The van der Waals surface area contributed by atoms with Crippen LogP contribution >= 0.6 is 0 Å². The Labute approximate surface area is 207 Å². The first kappa shape index (κ1) is 26.4. The van der Waals surface area contributed by atoms with Crippen LogP contribution in [0.25, 0.3) is 0 Å². The molecule has 2 atom stereocenters. The number of nitrogens with one attached hydrogen (secondary N) is 1. The van der Waals surface area contributed by atoms with Crippen molar-refractivity contribution in [3.8, 4) is 0 Å². The second kappa shape index (κ2) is 12.0. The molecule has 2 heterocycles. The van der Waals surface area contributed by atoms with E-state index in [2.05, 4.69) is 29.0 Å². The third-order valence-corrected chi connectivity index (χ3v) is 5.73. The van der Waals surface area contributed by atoms with Crippen LogP contribution in [0.1, 0.15) is 48.4 Å². The van der Waals surface area contributed by atoms with E-state index in [-0.39, 0.29) is 24.9 Å². The van der Waals surface area contributed by atoms with Crippen molar-refractivity contribution in [1.29, 1.82) is 0 Å². The maximum absolute atomic E-state index is 13.1. The number of aliphatic hydroxyl groups is 2. The number of piperazine rings is 1. The highest BCUT2D eigenvalue weighted by Crippen LogP contribution is 2.25. The molecule has 0 aliphatic carbocycles. The fourth-order valence-corrected chi connectivity index (χ4v) is 4.19. The molecule has 0 radical (unpaired) electrons. The van der Waals surface area contributed by atoms with Crippen molar-refractivity contribution in [2.24, 2.45) is 0 Å². The van der Waals surface area contributed by atoms with E-state index >= 15 is 0 Å². The smallest absolute Gasteiger partial charge is 0.254 e. The number of aliphatic hydroxyl groups excluding tert-OH is 2. The molecular formula is C26H37N5O4. The van der Waals surface area contributed by atoms with E-state index in [9.17, 15) is 19.8 Å². The van der Waals surface area contributed by atoms with E-state index < -0.39 is 12.2 Å². The van der Waals surface area contributed by atoms with Crippen molar-refractivity contribution in [2.75, 3.05) is 49.5 Å². The van der Waals surface area contributed by atoms with Crippen LogP contribution in [0.4, 0.5) is 11.5 Å². The summed E-state index contributed by atoms with van der Waals surface area (Å²) in [5.74, 6) is 0.533. The van der Waals surface area contributed by atoms with Crippen molar-refractivity contribution >= 4 is 23.3 Å². The normalized spacial score (nSPS) is 15.6. The number of pyridine rings is 1. The van der Waals surface area contributed by atoms with Crippen LogP contribution in [0.2, 0.25) is 0 Å².